The van der Waals surface area contributed by atoms with Crippen LogP contribution < -0.4 is 10.2 Å². The van der Waals surface area contributed by atoms with Crippen LogP contribution in [0.2, 0.25) is 0 Å². The first-order valence-electron chi connectivity index (χ1n) is 10.5. The lowest BCUT2D eigenvalue weighted by Gasteiger charge is -2.24. The van der Waals surface area contributed by atoms with Gasteiger partial charge in [0.25, 0.3) is 0 Å². The van der Waals surface area contributed by atoms with E-state index < -0.39 is 0 Å². The molecule has 4 heterocycles. The van der Waals surface area contributed by atoms with Crippen LogP contribution in [0.4, 0.5) is 10.3 Å². The number of aromatic nitrogens is 4. The van der Waals surface area contributed by atoms with E-state index >= 15 is 0 Å². The molecule has 1 amide bonds. The molecule has 7 nitrogen and oxygen atoms in total. The lowest BCUT2D eigenvalue weighted by atomic mass is 10.2. The van der Waals surface area contributed by atoms with Crippen molar-refractivity contribution in [1.29, 1.82) is 0 Å². The van der Waals surface area contributed by atoms with Gasteiger partial charge in [0.15, 0.2) is 0 Å². The quantitative estimate of drug-likeness (QED) is 0.539. The number of aryl methyl sites for hydroxylation is 1. The number of carbonyl (C=O) groups excluding carboxylic acids is 1. The fraction of sp³-hybridized carbons (Fsp3) is 0.304. The fourth-order valence-electron chi connectivity index (χ4n) is 4.18. The molecule has 0 aliphatic carbocycles. The number of hydrogen-bond donors (Lipinski definition) is 1. The molecule has 1 aliphatic rings. The summed E-state index contributed by atoms with van der Waals surface area (Å²) in [4.78, 5) is 28.6. The first kappa shape index (κ1) is 19.4. The van der Waals surface area contributed by atoms with Crippen LogP contribution >= 0.6 is 0 Å². The molecular formula is C23H23FN6O. The summed E-state index contributed by atoms with van der Waals surface area (Å²) < 4.78 is 15.5. The number of pyridine rings is 1. The van der Waals surface area contributed by atoms with E-state index in [1.54, 1.807) is 6.07 Å². The molecule has 158 valence electrons. The molecule has 1 unspecified atom stereocenters. The Morgan fingerprint density at radius 3 is 3.00 bits per heavy atom. The first-order valence-corrected chi connectivity index (χ1v) is 10.5. The lowest BCUT2D eigenvalue weighted by Crippen LogP contribution is -2.44. The van der Waals surface area contributed by atoms with Crippen molar-refractivity contribution in [1.82, 2.24) is 24.7 Å². The number of nitrogens with one attached hydrogen (secondary N) is 1. The Balaban J connectivity index is 1.28. The molecule has 8 heteroatoms. The van der Waals surface area contributed by atoms with Gasteiger partial charge < -0.3 is 14.6 Å². The van der Waals surface area contributed by atoms with Crippen LogP contribution in [-0.4, -0.2) is 44.4 Å². The van der Waals surface area contributed by atoms with Crippen LogP contribution in [0.5, 0.6) is 0 Å². The van der Waals surface area contributed by atoms with Gasteiger partial charge in [-0.05, 0) is 50.1 Å². The van der Waals surface area contributed by atoms with Gasteiger partial charge in [-0.25, -0.2) is 19.3 Å². The molecule has 0 bridgehead atoms. The second-order valence-corrected chi connectivity index (χ2v) is 7.86. The monoisotopic (exact) mass is 418 g/mol. The average molecular weight is 418 g/mol. The number of amides is 1. The number of rotatable bonds is 5. The van der Waals surface area contributed by atoms with Crippen LogP contribution in [-0.2, 0) is 11.2 Å². The molecular weight excluding hydrogens is 395 g/mol. The third-order valence-electron chi connectivity index (χ3n) is 5.74. The van der Waals surface area contributed by atoms with Crippen LogP contribution in [0.25, 0.3) is 16.6 Å². The molecule has 4 aromatic rings. The zero-order valence-corrected chi connectivity index (χ0v) is 17.3. The second kappa shape index (κ2) is 7.94. The Kier molecular flexibility index (Phi) is 4.97. The van der Waals surface area contributed by atoms with Gasteiger partial charge in [0.2, 0.25) is 11.9 Å². The zero-order chi connectivity index (χ0) is 21.4. The highest BCUT2D eigenvalue weighted by atomic mass is 19.1. The molecule has 3 aromatic heterocycles. The van der Waals surface area contributed by atoms with E-state index in [2.05, 4.69) is 20.3 Å². The van der Waals surface area contributed by atoms with Gasteiger partial charge >= 0.3 is 0 Å². The van der Waals surface area contributed by atoms with Crippen molar-refractivity contribution < 1.29 is 9.18 Å². The molecule has 1 atom stereocenters. The number of halogens is 1. The normalized spacial score (nSPS) is 16.3. The average Bonchev–Trinajstić information content (AvgIpc) is 3.41. The van der Waals surface area contributed by atoms with E-state index in [-0.39, 0.29) is 17.8 Å². The summed E-state index contributed by atoms with van der Waals surface area (Å²) in [5, 5.41) is 3.73. The molecule has 1 saturated heterocycles. The Hall–Kier alpha value is -3.55. The van der Waals surface area contributed by atoms with E-state index in [4.69, 9.17) is 0 Å². The molecule has 1 N–H and O–H groups in total. The largest absolute Gasteiger partial charge is 0.354 e. The topological polar surface area (TPSA) is 75.4 Å². The van der Waals surface area contributed by atoms with Crippen molar-refractivity contribution in [3.05, 3.63) is 66.0 Å². The van der Waals surface area contributed by atoms with Gasteiger partial charge in [0, 0.05) is 37.3 Å². The Labute approximate surface area is 178 Å². The number of carbonyl (C=O) groups is 1. The number of imidazole rings is 1. The highest BCUT2D eigenvalue weighted by molar-refractivity contribution is 5.86. The minimum Gasteiger partial charge on any atom is -0.354 e. The summed E-state index contributed by atoms with van der Waals surface area (Å²) in [5.74, 6) is 0.187. The standard InChI is InChI=1S/C23H23FN6O/c1-15-18-13-16(24)7-8-19(18)28-23(26-15)30-12-4-5-20(30)22(31)25-10-9-17-14-29-11-3-2-6-21(29)27-17/h2-3,6-8,11,13-14,20H,4-5,9-10,12H2,1H3,(H,25,31). The van der Waals surface area contributed by atoms with Gasteiger partial charge in [0.1, 0.15) is 17.5 Å². The van der Waals surface area contributed by atoms with Crippen molar-refractivity contribution in [2.45, 2.75) is 32.2 Å². The highest BCUT2D eigenvalue weighted by Gasteiger charge is 2.32. The van der Waals surface area contributed by atoms with E-state index in [0.717, 1.165) is 30.7 Å². The Morgan fingerprint density at radius 2 is 2.13 bits per heavy atom. The van der Waals surface area contributed by atoms with Crippen LogP contribution in [0.3, 0.4) is 0 Å². The summed E-state index contributed by atoms with van der Waals surface area (Å²) in [7, 11) is 0. The van der Waals surface area contributed by atoms with Gasteiger partial charge in [-0.2, -0.15) is 0 Å². The predicted molar refractivity (Wildman–Crippen MR) is 117 cm³/mol. The summed E-state index contributed by atoms with van der Waals surface area (Å²) in [5.41, 5.74) is 3.23. The number of anilines is 1. The van der Waals surface area contributed by atoms with Crippen molar-refractivity contribution in [3.63, 3.8) is 0 Å². The molecule has 0 spiro atoms. The van der Waals surface area contributed by atoms with Gasteiger partial charge in [-0.1, -0.05) is 6.07 Å². The number of nitrogens with zero attached hydrogens (tertiary/aromatic N) is 5. The summed E-state index contributed by atoms with van der Waals surface area (Å²) in [6, 6.07) is 10.1. The smallest absolute Gasteiger partial charge is 0.242 e. The summed E-state index contributed by atoms with van der Waals surface area (Å²) >= 11 is 0. The maximum Gasteiger partial charge on any atom is 0.242 e. The molecule has 1 aromatic carbocycles. The zero-order valence-electron chi connectivity index (χ0n) is 17.3. The van der Waals surface area contributed by atoms with E-state index in [9.17, 15) is 9.18 Å². The Bertz CT molecular complexity index is 1240. The van der Waals surface area contributed by atoms with Crippen LogP contribution in [0.1, 0.15) is 24.2 Å². The third-order valence-corrected chi connectivity index (χ3v) is 5.74. The number of fused-ring (bicyclic) bond motifs is 2. The van der Waals surface area contributed by atoms with E-state index in [1.807, 2.05) is 46.8 Å². The molecule has 0 radical (unpaired) electrons. The van der Waals surface area contributed by atoms with Crippen LogP contribution in [0.15, 0.2) is 48.8 Å². The van der Waals surface area contributed by atoms with Crippen molar-refractivity contribution in [3.8, 4) is 0 Å². The molecule has 0 saturated carbocycles. The number of benzene rings is 1. The van der Waals surface area contributed by atoms with Crippen molar-refractivity contribution in [2.24, 2.45) is 0 Å². The van der Waals surface area contributed by atoms with Crippen LogP contribution in [0, 0.1) is 12.7 Å². The van der Waals surface area contributed by atoms with Crippen molar-refractivity contribution in [2.75, 3.05) is 18.0 Å². The molecule has 1 fully saturated rings. The number of hydrogen-bond acceptors (Lipinski definition) is 5. The third kappa shape index (κ3) is 3.81. The maximum atomic E-state index is 13.6. The predicted octanol–water partition coefficient (Wildman–Crippen LogP) is 3.05. The highest BCUT2D eigenvalue weighted by Crippen LogP contribution is 2.26. The minimum atomic E-state index is -0.309. The fourth-order valence-corrected chi connectivity index (χ4v) is 4.18. The van der Waals surface area contributed by atoms with Crippen molar-refractivity contribution >= 4 is 28.4 Å². The summed E-state index contributed by atoms with van der Waals surface area (Å²) in [6.45, 7) is 3.08. The Morgan fingerprint density at radius 1 is 1.23 bits per heavy atom. The van der Waals surface area contributed by atoms with E-state index in [1.165, 1.54) is 12.1 Å². The van der Waals surface area contributed by atoms with Gasteiger partial charge in [-0.3, -0.25) is 4.79 Å². The minimum absolute atomic E-state index is 0.0262. The van der Waals surface area contributed by atoms with E-state index in [0.29, 0.717) is 35.5 Å². The molecule has 1 aliphatic heterocycles. The second-order valence-electron chi connectivity index (χ2n) is 7.86. The lowest BCUT2D eigenvalue weighted by molar-refractivity contribution is -0.122. The SMILES string of the molecule is Cc1nc(N2CCCC2C(=O)NCCc2cn3ccccc3n2)nc2ccc(F)cc12. The first-order chi connectivity index (χ1) is 15.1. The van der Waals surface area contributed by atoms with Gasteiger partial charge in [0.05, 0.1) is 16.9 Å². The van der Waals surface area contributed by atoms with Gasteiger partial charge in [-0.15, -0.1) is 0 Å². The molecule has 31 heavy (non-hydrogen) atoms. The molecule has 5 rings (SSSR count). The maximum absolute atomic E-state index is 13.6. The summed E-state index contributed by atoms with van der Waals surface area (Å²) in [6.07, 6.45) is 6.26.